The number of nitrogens with one attached hydrogen (secondary N) is 3. The van der Waals surface area contributed by atoms with Crippen LogP contribution < -0.4 is 20.3 Å². The summed E-state index contributed by atoms with van der Waals surface area (Å²) in [5.41, 5.74) is 3.07. The molecule has 3 aromatic rings. The summed E-state index contributed by atoms with van der Waals surface area (Å²) in [4.78, 5) is 60.7. The van der Waals surface area contributed by atoms with Crippen LogP contribution >= 0.6 is 0 Å². The standard InChI is InChI=1S/C43H50FN9O5.C2H6.2H2/c1-42(11-12-42)58-30-3-5-34-33(22-30)38(48-47-34)28-8-13-45-36(20-28)52-25-43(44,26-52)24-50-18-16-49(17-19-50)23-27-9-14-51(15-10-27)29-2-4-31-32(21-29)41(57)53(40(31)56)35-6-7-37(54)46-39(35)55;1-2;;/h2-5,8,20-22,27,35,45H,6-7,9-19,23-26H2,1H3,(H,47,48)(H,46,54,55);1-2H3;2*1H. The molecule has 322 valence electrons. The SMILES string of the molecule is CC.CC1(Oc2ccc3[nH]nc(C4=CCNC(N5CC(F)(CN6CCN(CC7CCN(c8ccc9c(c8)C(=O)N(C8CCC(=O)NC8=O)C9=O)CC7)CC6)C5)=C4)c3c2)CC1.[HH].[HH]. The molecular formula is C45H60FN9O5. The Balaban J connectivity index is 0.00000143. The summed E-state index contributed by atoms with van der Waals surface area (Å²) in [7, 11) is 0. The number of anilines is 1. The fourth-order valence-electron chi connectivity index (χ4n) is 9.56. The number of likely N-dealkylation sites (tertiary alicyclic amines) is 1. The number of imide groups is 2. The second kappa shape index (κ2) is 16.0. The Morgan fingerprint density at radius 2 is 1.62 bits per heavy atom. The van der Waals surface area contributed by atoms with Crippen LogP contribution in [0.15, 0.2) is 54.4 Å². The molecule has 60 heavy (non-hydrogen) atoms. The molecule has 4 saturated heterocycles. The third kappa shape index (κ3) is 7.89. The average molecular weight is 826 g/mol. The largest absolute Gasteiger partial charge is 0.488 e. The summed E-state index contributed by atoms with van der Waals surface area (Å²) in [6, 6.07) is 10.5. The van der Waals surface area contributed by atoms with Crippen molar-refractivity contribution < 1.29 is 31.2 Å². The number of hydrogen-bond acceptors (Lipinski definition) is 11. The van der Waals surface area contributed by atoms with Crippen molar-refractivity contribution in [3.63, 3.8) is 0 Å². The fraction of sp³-hybridized carbons (Fsp3) is 0.533. The lowest BCUT2D eigenvalue weighted by molar-refractivity contribution is -0.136. The molecule has 1 atom stereocenters. The van der Waals surface area contributed by atoms with Crippen molar-refractivity contribution in [3.05, 3.63) is 71.2 Å². The Morgan fingerprint density at radius 1 is 0.883 bits per heavy atom. The highest BCUT2D eigenvalue weighted by atomic mass is 19.1. The summed E-state index contributed by atoms with van der Waals surface area (Å²) in [5.74, 6) is 0.386. The predicted molar refractivity (Wildman–Crippen MR) is 230 cm³/mol. The number of hydrogen-bond donors (Lipinski definition) is 3. The average Bonchev–Trinajstić information content (AvgIpc) is 3.73. The fourth-order valence-corrected chi connectivity index (χ4v) is 9.56. The Bertz CT molecular complexity index is 2260. The minimum absolute atomic E-state index is 0. The maximum Gasteiger partial charge on any atom is 0.262 e. The Labute approximate surface area is 353 Å². The van der Waals surface area contributed by atoms with Gasteiger partial charge in [0.05, 0.1) is 35.4 Å². The number of piperidine rings is 2. The van der Waals surface area contributed by atoms with Crippen LogP contribution in [0.1, 0.15) is 88.6 Å². The number of benzene rings is 2. The van der Waals surface area contributed by atoms with E-state index in [2.05, 4.69) is 65.6 Å². The van der Waals surface area contributed by atoms with Crippen LogP contribution in [0.4, 0.5) is 10.1 Å². The van der Waals surface area contributed by atoms with Gasteiger partial charge in [-0.2, -0.15) is 5.10 Å². The molecule has 1 aromatic heterocycles. The van der Waals surface area contributed by atoms with Crippen LogP contribution in [0.25, 0.3) is 16.5 Å². The van der Waals surface area contributed by atoms with Gasteiger partial charge in [-0.1, -0.05) is 19.9 Å². The first-order chi connectivity index (χ1) is 29.0. The Hall–Kier alpha value is -5.28. The monoisotopic (exact) mass is 825 g/mol. The summed E-state index contributed by atoms with van der Waals surface area (Å²) < 4.78 is 22.3. The zero-order chi connectivity index (χ0) is 41.8. The second-order valence-electron chi connectivity index (χ2n) is 17.6. The molecular weight excluding hydrogens is 766 g/mol. The molecule has 6 aliphatic heterocycles. The van der Waals surface area contributed by atoms with Crippen LogP contribution in [0.2, 0.25) is 0 Å². The molecule has 1 saturated carbocycles. The number of aromatic amines is 1. The van der Waals surface area contributed by atoms with Crippen LogP contribution in [0.5, 0.6) is 5.75 Å². The van der Waals surface area contributed by atoms with Crippen LogP contribution in [0, 0.1) is 5.92 Å². The summed E-state index contributed by atoms with van der Waals surface area (Å²) in [6.45, 7) is 14.2. The first-order valence-corrected chi connectivity index (χ1v) is 21.8. The number of nitrogens with zero attached hydrogens (tertiary/aromatic N) is 6. The van der Waals surface area contributed by atoms with Crippen molar-refractivity contribution in [2.45, 2.75) is 76.6 Å². The Morgan fingerprint density at radius 3 is 2.35 bits per heavy atom. The summed E-state index contributed by atoms with van der Waals surface area (Å²) in [5, 5.41) is 14.5. The lowest BCUT2D eigenvalue weighted by Gasteiger charge is -2.50. The third-order valence-electron chi connectivity index (χ3n) is 13.2. The number of carbonyl (C=O) groups excluding carboxylic acids is 4. The Kier molecular flexibility index (Phi) is 10.7. The number of dihydropyridines is 1. The molecule has 1 aliphatic carbocycles. The van der Waals surface area contributed by atoms with Gasteiger partial charge >= 0.3 is 0 Å². The molecule has 14 nitrogen and oxygen atoms in total. The van der Waals surface area contributed by atoms with E-state index in [4.69, 9.17) is 4.74 Å². The van der Waals surface area contributed by atoms with Gasteiger partial charge in [0.2, 0.25) is 11.8 Å². The number of carbonyl (C=O) groups is 4. The van der Waals surface area contributed by atoms with E-state index in [0.717, 1.165) is 116 Å². The first-order valence-electron chi connectivity index (χ1n) is 21.8. The zero-order valence-corrected chi connectivity index (χ0v) is 34.9. The number of halogens is 1. The van der Waals surface area contributed by atoms with Crippen LogP contribution in [0.3, 0.4) is 0 Å². The molecule has 1 unspecified atom stereocenters. The van der Waals surface area contributed by atoms with E-state index in [0.29, 0.717) is 43.2 Å². The molecule has 0 radical (unpaired) electrons. The molecule has 0 spiro atoms. The highest BCUT2D eigenvalue weighted by molar-refractivity contribution is 6.23. The van der Waals surface area contributed by atoms with Gasteiger partial charge in [-0.15, -0.1) is 0 Å². The lowest BCUT2D eigenvalue weighted by Crippen LogP contribution is -2.65. The number of rotatable bonds is 10. The van der Waals surface area contributed by atoms with Gasteiger partial charge in [0.1, 0.15) is 23.2 Å². The molecule has 15 heteroatoms. The summed E-state index contributed by atoms with van der Waals surface area (Å²) >= 11 is 0. The quantitative estimate of drug-likeness (QED) is 0.243. The van der Waals surface area contributed by atoms with Gasteiger partial charge in [0.25, 0.3) is 11.8 Å². The van der Waals surface area contributed by atoms with Crippen molar-refractivity contribution in [1.82, 2.24) is 40.4 Å². The number of alkyl halides is 1. The van der Waals surface area contributed by atoms with Crippen molar-refractivity contribution in [2.75, 3.05) is 76.9 Å². The van der Waals surface area contributed by atoms with Gasteiger partial charge in [-0.05, 0) is 87.4 Å². The van der Waals surface area contributed by atoms with E-state index in [1.807, 2.05) is 32.0 Å². The van der Waals surface area contributed by atoms with E-state index in [9.17, 15) is 19.2 Å². The number of aromatic nitrogens is 2. The predicted octanol–water partition coefficient (Wildman–Crippen LogP) is 4.80. The van der Waals surface area contributed by atoms with E-state index < -0.39 is 29.4 Å². The van der Waals surface area contributed by atoms with Gasteiger partial charge in [0.15, 0.2) is 5.67 Å². The van der Waals surface area contributed by atoms with E-state index >= 15 is 4.39 Å². The third-order valence-corrected chi connectivity index (χ3v) is 13.2. The molecule has 5 fully saturated rings. The number of ether oxygens (including phenoxy) is 1. The number of fused-ring (bicyclic) bond motifs is 2. The normalized spacial score (nSPS) is 24.2. The minimum atomic E-state index is -1.25. The van der Waals surface area contributed by atoms with Crippen LogP contribution in [-0.2, 0) is 9.59 Å². The van der Waals surface area contributed by atoms with Crippen molar-refractivity contribution in [3.8, 4) is 5.75 Å². The zero-order valence-electron chi connectivity index (χ0n) is 34.9. The smallest absolute Gasteiger partial charge is 0.262 e. The van der Waals surface area contributed by atoms with Gasteiger partial charge in [0, 0.05) is 84.8 Å². The van der Waals surface area contributed by atoms with Crippen molar-refractivity contribution >= 4 is 45.8 Å². The topological polar surface area (TPSA) is 146 Å². The molecule has 2 aromatic carbocycles. The molecule has 10 rings (SSSR count). The maximum absolute atomic E-state index is 16.1. The van der Waals surface area contributed by atoms with Crippen LogP contribution in [-0.4, -0.2) is 143 Å². The van der Waals surface area contributed by atoms with E-state index in [1.54, 1.807) is 12.1 Å². The number of H-pyrrole nitrogens is 1. The second-order valence-corrected chi connectivity index (χ2v) is 17.6. The number of amides is 4. The van der Waals surface area contributed by atoms with Gasteiger partial charge in [-0.25, -0.2) is 4.39 Å². The highest BCUT2D eigenvalue weighted by Crippen LogP contribution is 2.41. The lowest BCUT2D eigenvalue weighted by atomic mass is 9.93. The van der Waals surface area contributed by atoms with Crippen molar-refractivity contribution in [2.24, 2.45) is 5.92 Å². The molecule has 7 aliphatic rings. The first kappa shape index (κ1) is 40.1. The highest BCUT2D eigenvalue weighted by Gasteiger charge is 2.47. The van der Waals surface area contributed by atoms with Crippen molar-refractivity contribution in [1.29, 1.82) is 0 Å². The van der Waals surface area contributed by atoms with Gasteiger partial charge in [-0.3, -0.25) is 39.4 Å². The molecule has 0 bridgehead atoms. The number of allylic oxidation sites excluding steroid dienone is 2. The van der Waals surface area contributed by atoms with Gasteiger partial charge < -0.3 is 24.8 Å². The maximum atomic E-state index is 16.1. The molecule has 4 amide bonds. The number of piperazine rings is 1. The van der Waals surface area contributed by atoms with E-state index in [-0.39, 0.29) is 27.2 Å². The van der Waals surface area contributed by atoms with E-state index in [1.165, 1.54) is 0 Å². The molecule has 7 heterocycles. The summed E-state index contributed by atoms with van der Waals surface area (Å²) in [6.07, 6.45) is 8.63. The minimum Gasteiger partial charge on any atom is -0.488 e. The molecule has 3 N–H and O–H groups in total.